The monoisotopic (exact) mass is 348 g/mol. The summed E-state index contributed by atoms with van der Waals surface area (Å²) in [6.45, 7) is 2.00. The van der Waals surface area contributed by atoms with Crippen LogP contribution >= 0.6 is 27.5 Å². The molecule has 0 aliphatic carbocycles. The Kier molecular flexibility index (Phi) is 3.59. The van der Waals surface area contributed by atoms with Crippen LogP contribution < -0.4 is 4.74 Å². The predicted molar refractivity (Wildman–Crippen MR) is 83.5 cm³/mol. The van der Waals surface area contributed by atoms with Crippen molar-refractivity contribution in [2.24, 2.45) is 0 Å². The molecule has 0 saturated carbocycles. The Morgan fingerprint density at radius 3 is 2.55 bits per heavy atom. The molecule has 0 unspecified atom stereocenters. The Labute approximate surface area is 129 Å². The van der Waals surface area contributed by atoms with Gasteiger partial charge >= 0.3 is 0 Å². The first-order valence-corrected chi connectivity index (χ1v) is 7.17. The number of aryl methyl sites for hydroxylation is 1. The van der Waals surface area contributed by atoms with E-state index in [1.54, 1.807) is 0 Å². The molecule has 3 nitrogen and oxygen atoms in total. The van der Waals surface area contributed by atoms with Crippen LogP contribution in [0.2, 0.25) is 5.15 Å². The quantitative estimate of drug-likeness (QED) is 0.642. The summed E-state index contributed by atoms with van der Waals surface area (Å²) in [6.07, 6.45) is 0. The van der Waals surface area contributed by atoms with Gasteiger partial charge in [-0.25, -0.2) is 0 Å². The normalized spacial score (nSPS) is 10.8. The van der Waals surface area contributed by atoms with Crippen LogP contribution in [0.1, 0.15) is 5.56 Å². The van der Waals surface area contributed by atoms with Crippen molar-refractivity contribution < 1.29 is 4.74 Å². The van der Waals surface area contributed by atoms with Crippen molar-refractivity contribution >= 4 is 38.3 Å². The Morgan fingerprint density at radius 1 is 1.05 bits per heavy atom. The van der Waals surface area contributed by atoms with Gasteiger partial charge in [0.25, 0.3) is 0 Å². The fourth-order valence-corrected chi connectivity index (χ4v) is 2.36. The number of ether oxygens (including phenoxy) is 1. The zero-order valence-corrected chi connectivity index (χ0v) is 12.9. The minimum Gasteiger partial charge on any atom is -0.437 e. The van der Waals surface area contributed by atoms with Crippen LogP contribution in [0, 0.1) is 6.92 Å². The van der Waals surface area contributed by atoms with Gasteiger partial charge in [-0.1, -0.05) is 45.7 Å². The van der Waals surface area contributed by atoms with E-state index in [2.05, 4.69) is 26.1 Å². The maximum absolute atomic E-state index is 6.04. The van der Waals surface area contributed by atoms with Crippen LogP contribution in [0.5, 0.6) is 11.6 Å². The van der Waals surface area contributed by atoms with Gasteiger partial charge in [0.1, 0.15) is 5.75 Å². The molecule has 2 aromatic carbocycles. The number of nitrogens with zero attached hydrogens (tertiary/aromatic N) is 2. The third kappa shape index (κ3) is 2.49. The number of aromatic nitrogens is 2. The number of hydrogen-bond donors (Lipinski definition) is 0. The Morgan fingerprint density at radius 2 is 1.80 bits per heavy atom. The molecule has 0 amide bonds. The maximum atomic E-state index is 6.04. The van der Waals surface area contributed by atoms with Crippen LogP contribution in [-0.2, 0) is 0 Å². The molecule has 0 radical (unpaired) electrons. The van der Waals surface area contributed by atoms with E-state index in [-0.39, 0.29) is 0 Å². The number of hydrogen-bond acceptors (Lipinski definition) is 3. The number of halogens is 2. The fraction of sp³-hybridized carbons (Fsp3) is 0.0667. The number of fused-ring (bicyclic) bond motifs is 1. The third-order valence-corrected chi connectivity index (χ3v) is 4.12. The molecule has 5 heteroatoms. The largest absolute Gasteiger partial charge is 0.437 e. The fourth-order valence-electron chi connectivity index (χ4n) is 1.91. The highest BCUT2D eigenvalue weighted by atomic mass is 79.9. The predicted octanol–water partition coefficient (Wildman–Crippen LogP) is 5.15. The lowest BCUT2D eigenvalue weighted by molar-refractivity contribution is 0.461. The van der Waals surface area contributed by atoms with Crippen molar-refractivity contribution in [1.82, 2.24) is 10.2 Å². The van der Waals surface area contributed by atoms with Gasteiger partial charge in [-0.15, -0.1) is 10.2 Å². The maximum Gasteiger partial charge on any atom is 0.246 e. The second kappa shape index (κ2) is 5.38. The average Bonchev–Trinajstić information content (AvgIpc) is 2.46. The molecule has 0 saturated heterocycles. The molecule has 0 spiro atoms. The summed E-state index contributed by atoms with van der Waals surface area (Å²) in [6, 6.07) is 13.4. The molecule has 20 heavy (non-hydrogen) atoms. The second-order valence-corrected chi connectivity index (χ2v) is 5.57. The molecular formula is C15H10BrClN2O. The lowest BCUT2D eigenvalue weighted by atomic mass is 10.2. The lowest BCUT2D eigenvalue weighted by Gasteiger charge is -2.09. The zero-order chi connectivity index (χ0) is 14.1. The Hall–Kier alpha value is -1.65. The van der Waals surface area contributed by atoms with Gasteiger partial charge < -0.3 is 4.74 Å². The molecule has 100 valence electrons. The highest BCUT2D eigenvalue weighted by Crippen LogP contribution is 2.31. The van der Waals surface area contributed by atoms with Crippen LogP contribution in [0.15, 0.2) is 46.9 Å². The van der Waals surface area contributed by atoms with Gasteiger partial charge in [0.05, 0.1) is 0 Å². The van der Waals surface area contributed by atoms with Gasteiger partial charge in [0.15, 0.2) is 5.15 Å². The van der Waals surface area contributed by atoms with Gasteiger partial charge in [-0.2, -0.15) is 0 Å². The van der Waals surface area contributed by atoms with E-state index in [0.717, 1.165) is 20.8 Å². The Bertz CT molecular complexity index is 792. The topological polar surface area (TPSA) is 35.0 Å². The zero-order valence-electron chi connectivity index (χ0n) is 10.6. The van der Waals surface area contributed by atoms with E-state index in [4.69, 9.17) is 16.3 Å². The number of benzene rings is 2. The number of rotatable bonds is 2. The van der Waals surface area contributed by atoms with E-state index in [1.807, 2.05) is 49.4 Å². The third-order valence-electron chi connectivity index (χ3n) is 2.95. The molecule has 0 atom stereocenters. The van der Waals surface area contributed by atoms with E-state index in [9.17, 15) is 0 Å². The molecule has 0 aliphatic heterocycles. The van der Waals surface area contributed by atoms with Gasteiger partial charge in [0, 0.05) is 15.2 Å². The summed E-state index contributed by atoms with van der Waals surface area (Å²) in [4.78, 5) is 0. The van der Waals surface area contributed by atoms with E-state index in [1.165, 1.54) is 0 Å². The molecule has 0 bridgehead atoms. The van der Waals surface area contributed by atoms with Gasteiger partial charge in [0.2, 0.25) is 5.88 Å². The van der Waals surface area contributed by atoms with Crippen molar-refractivity contribution in [2.45, 2.75) is 6.92 Å². The molecule has 1 heterocycles. The lowest BCUT2D eigenvalue weighted by Crippen LogP contribution is -1.93. The van der Waals surface area contributed by atoms with Crippen molar-refractivity contribution in [3.8, 4) is 11.6 Å². The standard InChI is InChI=1S/C15H10BrClN2O/c1-9-8-10(6-7-13(9)16)20-15-12-5-3-2-4-11(12)14(17)18-19-15/h2-8H,1H3. The average molecular weight is 350 g/mol. The summed E-state index contributed by atoms with van der Waals surface area (Å²) in [7, 11) is 0. The van der Waals surface area contributed by atoms with Crippen molar-refractivity contribution in [3.05, 3.63) is 57.7 Å². The van der Waals surface area contributed by atoms with Crippen LogP contribution in [0.3, 0.4) is 0 Å². The molecular weight excluding hydrogens is 340 g/mol. The van der Waals surface area contributed by atoms with Crippen LogP contribution in [0.25, 0.3) is 10.8 Å². The molecule has 0 fully saturated rings. The van der Waals surface area contributed by atoms with Crippen molar-refractivity contribution in [2.75, 3.05) is 0 Å². The van der Waals surface area contributed by atoms with Crippen LogP contribution in [0.4, 0.5) is 0 Å². The summed E-state index contributed by atoms with van der Waals surface area (Å²) in [5.41, 5.74) is 1.09. The minimum atomic E-state index is 0.375. The molecule has 0 aliphatic rings. The molecule has 3 aromatic rings. The summed E-state index contributed by atoms with van der Waals surface area (Å²) >= 11 is 9.51. The van der Waals surface area contributed by atoms with Crippen molar-refractivity contribution in [1.29, 1.82) is 0 Å². The molecule has 0 N–H and O–H groups in total. The highest BCUT2D eigenvalue weighted by Gasteiger charge is 2.09. The van der Waals surface area contributed by atoms with Crippen molar-refractivity contribution in [3.63, 3.8) is 0 Å². The Balaban J connectivity index is 2.06. The first-order chi connectivity index (χ1) is 9.65. The minimum absolute atomic E-state index is 0.375. The van der Waals surface area contributed by atoms with Gasteiger partial charge in [-0.3, -0.25) is 0 Å². The van der Waals surface area contributed by atoms with E-state index < -0.39 is 0 Å². The summed E-state index contributed by atoms with van der Waals surface area (Å²) in [5, 5.41) is 10.0. The van der Waals surface area contributed by atoms with Crippen LogP contribution in [-0.4, -0.2) is 10.2 Å². The van der Waals surface area contributed by atoms with E-state index in [0.29, 0.717) is 16.8 Å². The van der Waals surface area contributed by atoms with Gasteiger partial charge in [-0.05, 0) is 36.8 Å². The first-order valence-electron chi connectivity index (χ1n) is 6.00. The highest BCUT2D eigenvalue weighted by molar-refractivity contribution is 9.10. The second-order valence-electron chi connectivity index (χ2n) is 4.35. The summed E-state index contributed by atoms with van der Waals surface area (Å²) < 4.78 is 6.87. The first kappa shape index (κ1) is 13.3. The smallest absolute Gasteiger partial charge is 0.246 e. The van der Waals surface area contributed by atoms with E-state index >= 15 is 0 Å². The molecule has 1 aromatic heterocycles. The molecule has 3 rings (SSSR count). The summed E-state index contributed by atoms with van der Waals surface area (Å²) in [5.74, 6) is 1.17. The SMILES string of the molecule is Cc1cc(Oc2nnc(Cl)c3ccccc23)ccc1Br.